The number of anilines is 1. The number of aromatic nitrogens is 4. The maximum absolute atomic E-state index is 12.8. The lowest BCUT2D eigenvalue weighted by molar-refractivity contribution is 0.0703. The number of benzene rings is 1. The van der Waals surface area contributed by atoms with Crippen molar-refractivity contribution in [2.75, 3.05) is 25.0 Å². The van der Waals surface area contributed by atoms with E-state index in [4.69, 9.17) is 0 Å². The Balaban J connectivity index is 1.39. The van der Waals surface area contributed by atoms with Gasteiger partial charge in [0.15, 0.2) is 5.69 Å². The van der Waals surface area contributed by atoms with Crippen LogP contribution >= 0.6 is 0 Å². The van der Waals surface area contributed by atoms with E-state index in [-0.39, 0.29) is 29.0 Å². The molecule has 9 heteroatoms. The zero-order valence-corrected chi connectivity index (χ0v) is 17.5. The topological polar surface area (TPSA) is 104 Å². The number of nitrogens with one attached hydrogen (secondary N) is 1. The number of hydrogen-bond donors (Lipinski definition) is 1. The van der Waals surface area contributed by atoms with Crippen LogP contribution in [0.25, 0.3) is 0 Å². The molecule has 0 bridgehead atoms. The molecule has 2 amide bonds. The summed E-state index contributed by atoms with van der Waals surface area (Å²) >= 11 is 0. The van der Waals surface area contributed by atoms with Gasteiger partial charge in [0.25, 0.3) is 17.4 Å². The summed E-state index contributed by atoms with van der Waals surface area (Å²) in [6.45, 7) is 1.14. The summed E-state index contributed by atoms with van der Waals surface area (Å²) < 4.78 is 1.16. The number of hydrogen-bond acceptors (Lipinski definition) is 5. The van der Waals surface area contributed by atoms with Crippen LogP contribution in [0.1, 0.15) is 45.4 Å². The first-order valence-corrected chi connectivity index (χ1v) is 10.2. The summed E-state index contributed by atoms with van der Waals surface area (Å²) in [5.41, 5.74) is 2.08. The van der Waals surface area contributed by atoms with Crippen molar-refractivity contribution in [3.8, 4) is 0 Å². The molecule has 1 saturated heterocycles. The molecule has 1 aliphatic heterocycles. The van der Waals surface area contributed by atoms with Crippen LogP contribution < -0.4 is 10.5 Å². The van der Waals surface area contributed by atoms with Crippen LogP contribution in [-0.4, -0.2) is 56.8 Å². The third kappa shape index (κ3) is 4.25. The number of aryl methyl sites for hydroxylation is 1. The third-order valence-corrected chi connectivity index (χ3v) is 5.67. The Bertz CT molecular complexity index is 1150. The van der Waals surface area contributed by atoms with E-state index in [1.807, 2.05) is 30.3 Å². The molecule has 3 heterocycles. The summed E-state index contributed by atoms with van der Waals surface area (Å²) in [7, 11) is 3.25. The van der Waals surface area contributed by atoms with Crippen LogP contribution in [0.4, 0.5) is 5.69 Å². The highest BCUT2D eigenvalue weighted by Crippen LogP contribution is 2.28. The maximum atomic E-state index is 12.8. The van der Waals surface area contributed by atoms with Crippen molar-refractivity contribution in [2.45, 2.75) is 18.8 Å². The van der Waals surface area contributed by atoms with Gasteiger partial charge in [-0.05, 0) is 37.1 Å². The molecule has 3 aromatic rings. The predicted octanol–water partition coefficient (Wildman–Crippen LogP) is 1.80. The largest absolute Gasteiger partial charge is 0.337 e. The monoisotopic (exact) mass is 420 g/mol. The first kappa shape index (κ1) is 20.5. The number of carbonyl (C=O) groups excluding carboxylic acids is 2. The molecule has 0 saturated carbocycles. The minimum absolute atomic E-state index is 0.179. The number of nitrogens with zero attached hydrogens (tertiary/aromatic N) is 5. The minimum atomic E-state index is -0.252. The average molecular weight is 420 g/mol. The zero-order valence-electron chi connectivity index (χ0n) is 17.5. The Labute approximate surface area is 179 Å². The van der Waals surface area contributed by atoms with Crippen molar-refractivity contribution < 1.29 is 9.59 Å². The summed E-state index contributed by atoms with van der Waals surface area (Å²) in [6, 6.07) is 14.0. The van der Waals surface area contributed by atoms with Gasteiger partial charge in [-0.1, -0.05) is 18.2 Å². The second kappa shape index (κ2) is 8.55. The van der Waals surface area contributed by atoms with Gasteiger partial charge in [-0.25, -0.2) is 4.68 Å². The number of amides is 2. The van der Waals surface area contributed by atoms with Gasteiger partial charge in [0, 0.05) is 50.6 Å². The normalized spacial score (nSPS) is 14.5. The molecule has 0 atom stereocenters. The third-order valence-electron chi connectivity index (χ3n) is 5.67. The fourth-order valence-electron chi connectivity index (χ4n) is 3.77. The van der Waals surface area contributed by atoms with Crippen molar-refractivity contribution >= 4 is 17.5 Å². The second-order valence-electron chi connectivity index (χ2n) is 7.66. The Kier molecular flexibility index (Phi) is 5.66. The molecule has 0 aliphatic carbocycles. The van der Waals surface area contributed by atoms with E-state index in [0.29, 0.717) is 18.8 Å². The van der Waals surface area contributed by atoms with E-state index in [1.165, 1.54) is 19.2 Å². The number of aromatic amines is 1. The molecule has 0 spiro atoms. The molecule has 9 nitrogen and oxygen atoms in total. The lowest BCUT2D eigenvalue weighted by Crippen LogP contribution is -2.39. The van der Waals surface area contributed by atoms with Gasteiger partial charge in [-0.15, -0.1) is 0 Å². The maximum Gasteiger partial charge on any atom is 0.278 e. The van der Waals surface area contributed by atoms with Crippen LogP contribution in [0.2, 0.25) is 0 Å². The molecule has 2 aromatic heterocycles. The Morgan fingerprint density at radius 1 is 1.06 bits per heavy atom. The van der Waals surface area contributed by atoms with E-state index in [2.05, 4.69) is 15.3 Å². The molecule has 1 N–H and O–H groups in total. The van der Waals surface area contributed by atoms with Crippen LogP contribution in [0.15, 0.2) is 53.3 Å². The lowest BCUT2D eigenvalue weighted by Gasteiger charge is -2.31. The van der Waals surface area contributed by atoms with Gasteiger partial charge < -0.3 is 9.80 Å². The highest BCUT2D eigenvalue weighted by atomic mass is 16.2. The molecule has 4 rings (SSSR count). The molecule has 31 heavy (non-hydrogen) atoms. The Morgan fingerprint density at radius 2 is 1.77 bits per heavy atom. The summed E-state index contributed by atoms with van der Waals surface area (Å²) in [5, 5.41) is 11.3. The van der Waals surface area contributed by atoms with Gasteiger partial charge in [0.2, 0.25) is 0 Å². The van der Waals surface area contributed by atoms with Gasteiger partial charge in [0.05, 0.1) is 0 Å². The van der Waals surface area contributed by atoms with Crippen molar-refractivity contribution in [1.29, 1.82) is 0 Å². The second-order valence-corrected chi connectivity index (χ2v) is 7.66. The predicted molar refractivity (Wildman–Crippen MR) is 115 cm³/mol. The van der Waals surface area contributed by atoms with Crippen LogP contribution in [0.5, 0.6) is 0 Å². The molecular weight excluding hydrogens is 396 g/mol. The van der Waals surface area contributed by atoms with E-state index >= 15 is 0 Å². The summed E-state index contributed by atoms with van der Waals surface area (Å²) in [5.74, 6) is -0.172. The fourth-order valence-corrected chi connectivity index (χ4v) is 3.77. The highest BCUT2D eigenvalue weighted by molar-refractivity contribution is 6.04. The Hall–Kier alpha value is -3.75. The summed E-state index contributed by atoms with van der Waals surface area (Å²) in [4.78, 5) is 40.2. The van der Waals surface area contributed by atoms with Crippen molar-refractivity contribution in [3.05, 3.63) is 76.0 Å². The van der Waals surface area contributed by atoms with Crippen LogP contribution in [0.3, 0.4) is 0 Å². The van der Waals surface area contributed by atoms with E-state index in [1.54, 1.807) is 22.9 Å². The van der Waals surface area contributed by atoms with Crippen molar-refractivity contribution in [3.63, 3.8) is 0 Å². The molecule has 0 radical (unpaired) electrons. The number of carbonyl (C=O) groups is 2. The zero-order chi connectivity index (χ0) is 22.0. The molecule has 1 aromatic carbocycles. The van der Waals surface area contributed by atoms with E-state index in [0.717, 1.165) is 28.9 Å². The molecule has 1 fully saturated rings. The Morgan fingerprint density at radius 3 is 2.45 bits per heavy atom. The molecule has 1 aliphatic rings. The van der Waals surface area contributed by atoms with Crippen LogP contribution in [-0.2, 0) is 7.05 Å². The first-order valence-electron chi connectivity index (χ1n) is 10.2. The lowest BCUT2D eigenvalue weighted by atomic mass is 9.93. The van der Waals surface area contributed by atoms with Crippen LogP contribution in [0, 0.1) is 0 Å². The van der Waals surface area contributed by atoms with Gasteiger partial charge >= 0.3 is 0 Å². The van der Waals surface area contributed by atoms with Gasteiger partial charge in [-0.3, -0.25) is 19.5 Å². The molecule has 160 valence electrons. The number of rotatable bonds is 4. The van der Waals surface area contributed by atoms with Gasteiger partial charge in [-0.2, -0.15) is 10.2 Å². The standard InChI is InChI=1S/C22H24N6O3/c1-26(16-6-4-3-5-7-16)21(30)19-14-18(23-24-19)15-10-12-28(13-11-15)22(31)17-8-9-20(29)27(2)25-17/h3-9,14-15H,10-13H2,1-2H3,(H,23,24). The van der Waals surface area contributed by atoms with E-state index in [9.17, 15) is 14.4 Å². The minimum Gasteiger partial charge on any atom is -0.337 e. The van der Waals surface area contributed by atoms with E-state index < -0.39 is 0 Å². The number of para-hydroxylation sites is 1. The number of H-pyrrole nitrogens is 1. The highest BCUT2D eigenvalue weighted by Gasteiger charge is 2.27. The first-order chi connectivity index (χ1) is 14.9. The molecular formula is C22H24N6O3. The van der Waals surface area contributed by atoms with Crippen molar-refractivity contribution in [2.24, 2.45) is 7.05 Å². The fraction of sp³-hybridized carbons (Fsp3) is 0.318. The number of likely N-dealkylation sites (tertiary alicyclic amines) is 1. The summed E-state index contributed by atoms with van der Waals surface area (Å²) in [6.07, 6.45) is 1.50. The SMILES string of the molecule is CN(C(=O)c1cc(C2CCN(C(=O)c3ccc(=O)n(C)n3)CC2)[nH]n1)c1ccccc1. The average Bonchev–Trinajstić information content (AvgIpc) is 3.30. The van der Waals surface area contributed by atoms with Gasteiger partial charge in [0.1, 0.15) is 5.69 Å². The molecule has 0 unspecified atom stereocenters. The van der Waals surface area contributed by atoms with Crippen molar-refractivity contribution in [1.82, 2.24) is 24.9 Å². The quantitative estimate of drug-likeness (QED) is 0.693. The smallest absolute Gasteiger partial charge is 0.278 e. The number of piperidine rings is 1.